The van der Waals surface area contributed by atoms with E-state index in [0.717, 1.165) is 0 Å². The molecule has 0 fully saturated rings. The summed E-state index contributed by atoms with van der Waals surface area (Å²) in [5.74, 6) is 0. The maximum atomic E-state index is 0. The smallest absolute Gasteiger partial charge is 0 e. The largest absolute Gasteiger partial charge is 0.0125 e. The molecule has 0 aromatic heterocycles. The topological polar surface area (TPSA) is 0 Å². The Hall–Kier alpha value is 2.42. The molecule has 4 heteroatoms. The average molecular weight is 285 g/mol. The van der Waals surface area contributed by atoms with Crippen LogP contribution in [0.25, 0.3) is 0 Å². The van der Waals surface area contributed by atoms with Crippen molar-refractivity contribution in [1.82, 2.24) is 0 Å². The molecule has 0 rings (SSSR count). The van der Waals surface area contributed by atoms with E-state index in [4.69, 9.17) is 0 Å². The van der Waals surface area contributed by atoms with Crippen molar-refractivity contribution in [3.63, 3.8) is 0 Å². The van der Waals surface area contributed by atoms with Crippen molar-refractivity contribution in [3.8, 4) is 0 Å². The molecular formula is H3FeLaNiSi. The second-order valence-electron chi connectivity index (χ2n) is 0. The van der Waals surface area contributed by atoms with Crippen molar-refractivity contribution in [2.75, 3.05) is 0 Å². The van der Waals surface area contributed by atoms with Crippen LogP contribution >= 0.6 is 0 Å². The van der Waals surface area contributed by atoms with Crippen molar-refractivity contribution in [2.24, 2.45) is 0 Å². The maximum Gasteiger partial charge on any atom is 0 e. The van der Waals surface area contributed by atoms with Crippen molar-refractivity contribution in [3.05, 3.63) is 0 Å². The molecule has 0 atom stereocenters. The van der Waals surface area contributed by atoms with Gasteiger partial charge in [-0.3, -0.25) is 0 Å². The summed E-state index contributed by atoms with van der Waals surface area (Å²) >= 11 is 0. The van der Waals surface area contributed by atoms with Crippen molar-refractivity contribution >= 4 is 11.0 Å². The maximum absolute atomic E-state index is 0. The molecule has 0 bridgehead atoms. The van der Waals surface area contributed by atoms with Crippen LogP contribution in [0.3, 0.4) is 0 Å². The zero-order valence-corrected chi connectivity index (χ0v) is 9.96. The summed E-state index contributed by atoms with van der Waals surface area (Å²) in [7, 11) is 0. The average Bonchev–Trinajstić information content (AvgIpc) is 0. The number of hydrogen-bond acceptors (Lipinski definition) is 0. The summed E-state index contributed by atoms with van der Waals surface area (Å²) in [5.41, 5.74) is 0. The van der Waals surface area contributed by atoms with E-state index in [1.807, 2.05) is 0 Å². The van der Waals surface area contributed by atoms with Gasteiger partial charge in [-0.15, -0.1) is 0 Å². The molecule has 28 valence electrons. The van der Waals surface area contributed by atoms with Crippen LogP contribution in [0.5, 0.6) is 0 Å². The number of rotatable bonds is 0. The van der Waals surface area contributed by atoms with E-state index in [0.29, 0.717) is 0 Å². The molecule has 0 amide bonds. The quantitative estimate of drug-likeness (QED) is 0.491. The molecule has 0 aromatic rings. The second-order valence-corrected chi connectivity index (χ2v) is 0. The Balaban J connectivity index is 0. The van der Waals surface area contributed by atoms with Crippen molar-refractivity contribution in [1.29, 1.82) is 0 Å². The molecule has 0 aliphatic carbocycles. The Bertz CT molecular complexity index is 8.00. The molecule has 0 saturated carbocycles. The van der Waals surface area contributed by atoms with Crippen molar-refractivity contribution in [2.45, 2.75) is 0 Å². The van der Waals surface area contributed by atoms with Gasteiger partial charge in [-0.2, -0.15) is 0 Å². The summed E-state index contributed by atoms with van der Waals surface area (Å²) in [6.45, 7) is 0. The molecular weight excluding hydrogens is 282 g/mol. The van der Waals surface area contributed by atoms with E-state index >= 15 is 0 Å². The summed E-state index contributed by atoms with van der Waals surface area (Å²) in [6.07, 6.45) is 0. The first-order valence-corrected chi connectivity index (χ1v) is 0. The Morgan fingerprint density at radius 2 is 1.00 bits per heavy atom. The van der Waals surface area contributed by atoms with Gasteiger partial charge in [0.2, 0.25) is 0 Å². The SMILES string of the molecule is [Fe].[La].[Ni].[SiH3]. The summed E-state index contributed by atoms with van der Waals surface area (Å²) < 4.78 is 0. The summed E-state index contributed by atoms with van der Waals surface area (Å²) in [5, 5.41) is 0. The molecule has 0 saturated heterocycles. The van der Waals surface area contributed by atoms with Gasteiger partial charge in [-0.1, -0.05) is 0 Å². The first kappa shape index (κ1) is 32.2. The van der Waals surface area contributed by atoms with Crippen LogP contribution in [-0.2, 0) is 33.6 Å². The fourth-order valence-electron chi connectivity index (χ4n) is 0. The van der Waals surface area contributed by atoms with Gasteiger partial charge in [0.15, 0.2) is 0 Å². The van der Waals surface area contributed by atoms with E-state index in [9.17, 15) is 0 Å². The monoisotopic (exact) mass is 284 g/mol. The van der Waals surface area contributed by atoms with E-state index in [-0.39, 0.29) is 80.1 Å². The van der Waals surface area contributed by atoms with Crippen LogP contribution in [0.2, 0.25) is 0 Å². The van der Waals surface area contributed by atoms with E-state index in [2.05, 4.69) is 0 Å². The van der Waals surface area contributed by atoms with Gasteiger partial charge < -0.3 is 0 Å². The van der Waals surface area contributed by atoms with Crippen LogP contribution in [0, 0.1) is 35.6 Å². The van der Waals surface area contributed by atoms with Crippen LogP contribution in [-0.4, -0.2) is 11.0 Å². The second kappa shape index (κ2) is 18.1. The Morgan fingerprint density at radius 3 is 1.00 bits per heavy atom. The fourth-order valence-corrected chi connectivity index (χ4v) is 0. The minimum atomic E-state index is 0. The number of hydrogen-bond donors (Lipinski definition) is 0. The summed E-state index contributed by atoms with van der Waals surface area (Å²) in [6, 6.07) is 0. The molecule has 4 heavy (non-hydrogen) atoms. The fraction of sp³-hybridized carbons (Fsp3) is 0. The van der Waals surface area contributed by atoms with Crippen LogP contribution in [0.1, 0.15) is 0 Å². The van der Waals surface area contributed by atoms with Gasteiger partial charge >= 0.3 is 0 Å². The third kappa shape index (κ3) is 8.83. The van der Waals surface area contributed by atoms with Crippen LogP contribution < -0.4 is 0 Å². The Morgan fingerprint density at radius 1 is 1.00 bits per heavy atom. The molecule has 0 nitrogen and oxygen atoms in total. The molecule has 0 heterocycles. The first-order chi connectivity index (χ1) is 0. The molecule has 0 aliphatic heterocycles. The molecule has 0 N–H and O–H groups in total. The van der Waals surface area contributed by atoms with Crippen LogP contribution in [0.15, 0.2) is 0 Å². The predicted molar refractivity (Wildman–Crippen MR) is 9.94 cm³/mol. The predicted octanol–water partition coefficient (Wildman–Crippen LogP) is -1.19. The van der Waals surface area contributed by atoms with Gasteiger partial charge in [0, 0.05) is 69.2 Å². The first-order valence-electron chi connectivity index (χ1n) is 0. The van der Waals surface area contributed by atoms with Crippen molar-refractivity contribution < 1.29 is 69.2 Å². The molecule has 0 aromatic carbocycles. The van der Waals surface area contributed by atoms with Gasteiger partial charge in [0.1, 0.15) is 0 Å². The van der Waals surface area contributed by atoms with Gasteiger partial charge in [0.25, 0.3) is 0 Å². The standard InChI is InChI=1S/Fe.La.Ni.H3Si/h;;;1H3. The molecule has 0 aliphatic rings. The molecule has 0 spiro atoms. The zero-order chi connectivity index (χ0) is 0. The van der Waals surface area contributed by atoms with Gasteiger partial charge in [-0.25, -0.2) is 0 Å². The summed E-state index contributed by atoms with van der Waals surface area (Å²) in [4.78, 5) is 0. The third-order valence-electron chi connectivity index (χ3n) is 0. The normalized spacial score (nSPS) is 0. The van der Waals surface area contributed by atoms with Gasteiger partial charge in [-0.05, 0) is 11.0 Å². The molecule has 2 radical (unpaired) electrons. The van der Waals surface area contributed by atoms with Gasteiger partial charge in [0.05, 0.1) is 0 Å². The third-order valence-corrected chi connectivity index (χ3v) is 0. The minimum Gasteiger partial charge on any atom is -0.0125 e. The van der Waals surface area contributed by atoms with E-state index in [1.54, 1.807) is 0 Å². The Kier molecular flexibility index (Phi) is 145. The zero-order valence-electron chi connectivity index (χ0n) is 2.25. The van der Waals surface area contributed by atoms with E-state index in [1.165, 1.54) is 0 Å². The van der Waals surface area contributed by atoms with Crippen LogP contribution in [0.4, 0.5) is 0 Å². The Labute approximate surface area is 78.9 Å². The van der Waals surface area contributed by atoms with E-state index < -0.39 is 0 Å². The minimum absolute atomic E-state index is 0. The molecule has 0 unspecified atom stereocenters.